The van der Waals surface area contributed by atoms with E-state index in [0.29, 0.717) is 42.5 Å². The fraction of sp³-hybridized carbons (Fsp3) is 0.840. The number of aliphatic hydroxyl groups excluding tert-OH is 1. The second-order valence-corrected chi connectivity index (χ2v) is 9.46. The van der Waals surface area contributed by atoms with Gasteiger partial charge in [0.15, 0.2) is 0 Å². The molecule has 0 aliphatic heterocycles. The quantitative estimate of drug-likeness (QED) is 0.482. The lowest BCUT2D eigenvalue weighted by atomic mass is 9.45. The Kier molecular flexibility index (Phi) is 8.07. The molecule has 0 aromatic carbocycles. The van der Waals surface area contributed by atoms with E-state index in [0.717, 1.165) is 37.4 Å². The van der Waals surface area contributed by atoms with Crippen LogP contribution in [0.5, 0.6) is 0 Å². The Hall–Kier alpha value is -0.960. The van der Waals surface area contributed by atoms with Gasteiger partial charge in [0.05, 0.1) is 0 Å². The van der Waals surface area contributed by atoms with Gasteiger partial charge in [-0.05, 0) is 74.0 Å². The molecule has 3 heteroatoms. The molecule has 0 saturated heterocycles. The van der Waals surface area contributed by atoms with Gasteiger partial charge in [-0.25, -0.2) is 0 Å². The van der Waals surface area contributed by atoms with Crippen LogP contribution in [-0.4, -0.2) is 23.8 Å². The first-order chi connectivity index (χ1) is 13.4. The van der Waals surface area contributed by atoms with E-state index in [9.17, 15) is 14.7 Å². The highest BCUT2D eigenvalue weighted by Crippen LogP contribution is 2.66. The average Bonchev–Trinajstić information content (AvgIpc) is 3.04. The fourth-order valence-electron chi connectivity index (χ4n) is 7.06. The van der Waals surface area contributed by atoms with Gasteiger partial charge in [0, 0.05) is 31.3 Å². The van der Waals surface area contributed by atoms with E-state index in [1.54, 1.807) is 0 Å². The number of hydrogen-bond donors (Lipinski definition) is 1. The summed E-state index contributed by atoms with van der Waals surface area (Å²) in [6.45, 7) is 12.9. The van der Waals surface area contributed by atoms with E-state index < -0.39 is 0 Å². The molecule has 0 aromatic heterocycles. The van der Waals surface area contributed by atoms with Crippen LogP contribution in [0.4, 0.5) is 0 Å². The zero-order chi connectivity index (χ0) is 20.9. The maximum Gasteiger partial charge on any atom is 0.133 e. The van der Waals surface area contributed by atoms with Crippen LogP contribution in [0.2, 0.25) is 0 Å². The van der Waals surface area contributed by atoms with Crippen LogP contribution < -0.4 is 0 Å². The first-order valence-electron chi connectivity index (χ1n) is 11.7. The van der Waals surface area contributed by atoms with Crippen molar-refractivity contribution in [2.75, 3.05) is 6.61 Å². The lowest BCUT2D eigenvalue weighted by Gasteiger charge is -2.60. The molecule has 160 valence electrons. The normalized spacial score (nSPS) is 41.3. The van der Waals surface area contributed by atoms with Crippen LogP contribution in [0.15, 0.2) is 12.2 Å². The molecule has 0 bridgehead atoms. The van der Waals surface area contributed by atoms with Gasteiger partial charge in [-0.1, -0.05) is 39.8 Å². The van der Waals surface area contributed by atoms with E-state index in [-0.39, 0.29) is 5.41 Å². The van der Waals surface area contributed by atoms with Crippen LogP contribution >= 0.6 is 0 Å². The third kappa shape index (κ3) is 3.88. The number of ketones is 1. The van der Waals surface area contributed by atoms with Crippen molar-refractivity contribution in [2.45, 2.75) is 91.9 Å². The topological polar surface area (TPSA) is 54.4 Å². The third-order valence-corrected chi connectivity index (χ3v) is 8.60. The molecule has 28 heavy (non-hydrogen) atoms. The predicted octanol–water partition coefficient (Wildman–Crippen LogP) is 5.75. The largest absolute Gasteiger partial charge is 0.396 e. The van der Waals surface area contributed by atoms with Gasteiger partial charge in [0.1, 0.15) is 12.1 Å². The van der Waals surface area contributed by atoms with Gasteiger partial charge >= 0.3 is 0 Å². The summed E-state index contributed by atoms with van der Waals surface area (Å²) in [6, 6.07) is 0. The molecule has 0 heterocycles. The second-order valence-electron chi connectivity index (χ2n) is 9.46. The summed E-state index contributed by atoms with van der Waals surface area (Å²) in [7, 11) is 0. The number of aliphatic hydroxyl groups is 1. The highest BCUT2D eigenvalue weighted by atomic mass is 16.3. The summed E-state index contributed by atoms with van der Waals surface area (Å²) in [5.41, 5.74) is 1.90. The Balaban J connectivity index is 0.000000419. The zero-order valence-electron chi connectivity index (χ0n) is 18.6. The number of fused-ring (bicyclic) bond motifs is 5. The van der Waals surface area contributed by atoms with Crippen LogP contribution in [0.25, 0.3) is 0 Å². The monoisotopic (exact) mass is 390 g/mol. The minimum absolute atomic E-state index is 0.0576. The number of rotatable bonds is 2. The number of Topliss-reactive ketones (excluding diaryl/α,β-unsaturated/α-hetero) is 1. The molecule has 4 aliphatic carbocycles. The van der Waals surface area contributed by atoms with Gasteiger partial charge in [-0.3, -0.25) is 4.79 Å². The van der Waals surface area contributed by atoms with E-state index >= 15 is 0 Å². The lowest BCUT2D eigenvalue weighted by Crippen LogP contribution is -2.55. The molecule has 4 aliphatic rings. The van der Waals surface area contributed by atoms with Crippen LogP contribution in [-0.2, 0) is 9.59 Å². The van der Waals surface area contributed by atoms with Crippen LogP contribution in [0.3, 0.4) is 0 Å². The van der Waals surface area contributed by atoms with Crippen molar-refractivity contribution < 1.29 is 14.7 Å². The molecule has 1 N–H and O–H groups in total. The Morgan fingerprint density at radius 1 is 1.11 bits per heavy atom. The van der Waals surface area contributed by atoms with Crippen molar-refractivity contribution in [3.8, 4) is 0 Å². The number of carbonyl (C=O) groups is 2. The maximum absolute atomic E-state index is 11.9. The Labute approximate surface area is 172 Å². The summed E-state index contributed by atoms with van der Waals surface area (Å²) in [5.74, 6) is 3.07. The molecule has 0 radical (unpaired) electrons. The summed E-state index contributed by atoms with van der Waals surface area (Å²) in [4.78, 5) is 21.1. The molecule has 3 nitrogen and oxygen atoms in total. The minimum Gasteiger partial charge on any atom is -0.396 e. The average molecular weight is 391 g/mol. The summed E-state index contributed by atoms with van der Waals surface area (Å²) in [5, 5.41) is 10.3. The zero-order valence-corrected chi connectivity index (χ0v) is 18.6. The maximum atomic E-state index is 11.9. The standard InChI is InChI=1S/C20H30O2.C3H6O.C2H6/c1-13-3-6-17-16-5-4-14-11-15(22)7-10-20(14,12-21)18(16)8-9-19(13,17)2;1-2-3-4;1-2/h14,16-18,21H,1,3-12H2,2H3;3H,2H2,1H3;1-2H3/t14-,16?,17?,18?,19+,20+;;/m0../s1. The third-order valence-electron chi connectivity index (χ3n) is 8.60. The van der Waals surface area contributed by atoms with E-state index in [1.165, 1.54) is 37.7 Å². The molecule has 0 aromatic rings. The Morgan fingerprint density at radius 3 is 2.39 bits per heavy atom. The van der Waals surface area contributed by atoms with Gasteiger partial charge < -0.3 is 9.90 Å². The molecule has 6 atom stereocenters. The SMILES string of the molecule is C=C1CCC2C3CC[C@H]4CC(=O)CC[C@]4(CO)C3CC[C@]12C.CC.CCC=O. The number of allylic oxidation sites excluding steroid dienone is 1. The first-order valence-corrected chi connectivity index (χ1v) is 11.7. The summed E-state index contributed by atoms with van der Waals surface area (Å²) >= 11 is 0. The number of hydrogen-bond acceptors (Lipinski definition) is 3. The molecular weight excluding hydrogens is 348 g/mol. The summed E-state index contributed by atoms with van der Waals surface area (Å²) < 4.78 is 0. The second kappa shape index (κ2) is 9.69. The van der Waals surface area contributed by atoms with Crippen LogP contribution in [0.1, 0.15) is 91.9 Å². The summed E-state index contributed by atoms with van der Waals surface area (Å²) in [6.07, 6.45) is 11.3. The molecule has 4 fully saturated rings. The smallest absolute Gasteiger partial charge is 0.133 e. The number of carbonyl (C=O) groups excluding carboxylic acids is 2. The van der Waals surface area contributed by atoms with Crippen molar-refractivity contribution in [3.63, 3.8) is 0 Å². The highest BCUT2D eigenvalue weighted by Gasteiger charge is 2.60. The van der Waals surface area contributed by atoms with Gasteiger partial charge in [-0.2, -0.15) is 0 Å². The molecule has 4 saturated carbocycles. The van der Waals surface area contributed by atoms with Crippen molar-refractivity contribution >= 4 is 12.1 Å². The Morgan fingerprint density at radius 2 is 1.79 bits per heavy atom. The fourth-order valence-corrected chi connectivity index (χ4v) is 7.06. The van der Waals surface area contributed by atoms with E-state index in [2.05, 4.69) is 13.5 Å². The van der Waals surface area contributed by atoms with Crippen LogP contribution in [0, 0.1) is 34.5 Å². The van der Waals surface area contributed by atoms with Crippen molar-refractivity contribution in [2.24, 2.45) is 34.5 Å². The van der Waals surface area contributed by atoms with E-state index in [4.69, 9.17) is 0 Å². The minimum atomic E-state index is 0.0576. The van der Waals surface area contributed by atoms with Gasteiger partial charge in [0.2, 0.25) is 0 Å². The molecule has 3 unspecified atom stereocenters. The van der Waals surface area contributed by atoms with Crippen molar-refractivity contribution in [1.29, 1.82) is 0 Å². The van der Waals surface area contributed by atoms with Gasteiger partial charge in [0.25, 0.3) is 0 Å². The van der Waals surface area contributed by atoms with Crippen molar-refractivity contribution in [3.05, 3.63) is 12.2 Å². The molecule has 0 amide bonds. The highest BCUT2D eigenvalue weighted by molar-refractivity contribution is 5.79. The Bertz CT molecular complexity index is 568. The molecule has 0 spiro atoms. The van der Waals surface area contributed by atoms with E-state index in [1.807, 2.05) is 20.8 Å². The van der Waals surface area contributed by atoms with Crippen molar-refractivity contribution in [1.82, 2.24) is 0 Å². The first kappa shape index (κ1) is 23.3. The molecular formula is C25H42O3. The predicted molar refractivity (Wildman–Crippen MR) is 115 cm³/mol. The molecule has 4 rings (SSSR count). The number of aldehydes is 1. The lowest BCUT2D eigenvalue weighted by molar-refractivity contribution is -0.148. The van der Waals surface area contributed by atoms with Gasteiger partial charge in [-0.15, -0.1) is 0 Å².